The molecule has 10 nitrogen and oxygen atoms in total. The summed E-state index contributed by atoms with van der Waals surface area (Å²) in [6.45, 7) is 0. The van der Waals surface area contributed by atoms with Gasteiger partial charge in [0.15, 0.2) is 17.3 Å². The Balaban J connectivity index is 1.48. The van der Waals surface area contributed by atoms with Gasteiger partial charge in [0.25, 0.3) is 5.91 Å². The van der Waals surface area contributed by atoms with E-state index in [-0.39, 0.29) is 11.4 Å². The predicted molar refractivity (Wildman–Crippen MR) is 117 cm³/mol. The number of fused-ring (bicyclic) bond motifs is 1. The molecule has 0 saturated carbocycles. The van der Waals surface area contributed by atoms with Crippen LogP contribution in [0.5, 0.6) is 5.88 Å². The molecule has 0 unspecified atom stereocenters. The maximum atomic E-state index is 14.8. The molecule has 11 heteroatoms. The zero-order chi connectivity index (χ0) is 22.9. The molecule has 0 aliphatic rings. The minimum atomic E-state index is -0.662. The van der Waals surface area contributed by atoms with Gasteiger partial charge in [0.05, 0.1) is 48.8 Å². The Bertz CT molecular complexity index is 1480. The SMILES string of the molecule is COc1cncc(-c2cnn(C)c2C(=O)Nc2cc3nc(-c4ccccc4)nn3cc2F)n1. The van der Waals surface area contributed by atoms with E-state index >= 15 is 0 Å². The van der Waals surface area contributed by atoms with E-state index in [1.54, 1.807) is 7.05 Å². The van der Waals surface area contributed by atoms with Crippen molar-refractivity contribution >= 4 is 17.2 Å². The second kappa shape index (κ2) is 8.11. The van der Waals surface area contributed by atoms with Gasteiger partial charge in [0.1, 0.15) is 5.69 Å². The topological polar surface area (TPSA) is 112 Å². The van der Waals surface area contributed by atoms with Crippen LogP contribution in [0.3, 0.4) is 0 Å². The van der Waals surface area contributed by atoms with Crippen molar-refractivity contribution in [2.24, 2.45) is 7.05 Å². The fourth-order valence-corrected chi connectivity index (χ4v) is 3.36. The molecule has 1 N–H and O–H groups in total. The van der Waals surface area contributed by atoms with Crippen molar-refractivity contribution < 1.29 is 13.9 Å². The fraction of sp³-hybridized carbons (Fsp3) is 0.0909. The van der Waals surface area contributed by atoms with E-state index in [1.807, 2.05) is 30.3 Å². The number of aryl methyl sites for hydroxylation is 1. The first-order chi connectivity index (χ1) is 16.0. The second-order valence-corrected chi connectivity index (χ2v) is 7.07. The normalized spacial score (nSPS) is 11.0. The van der Waals surface area contributed by atoms with Crippen molar-refractivity contribution in [3.63, 3.8) is 0 Å². The number of nitrogens with zero attached hydrogens (tertiary/aromatic N) is 7. The van der Waals surface area contributed by atoms with Crippen LogP contribution in [0.4, 0.5) is 10.1 Å². The Kier molecular flexibility index (Phi) is 4.98. The van der Waals surface area contributed by atoms with Gasteiger partial charge in [-0.3, -0.25) is 14.5 Å². The zero-order valence-electron chi connectivity index (χ0n) is 17.6. The van der Waals surface area contributed by atoms with Gasteiger partial charge in [-0.25, -0.2) is 18.9 Å². The minimum absolute atomic E-state index is 0.0385. The third-order valence-electron chi connectivity index (χ3n) is 4.96. The molecule has 0 aliphatic carbocycles. The third-order valence-corrected chi connectivity index (χ3v) is 4.96. The molecule has 0 fully saturated rings. The van der Waals surface area contributed by atoms with Crippen LogP contribution < -0.4 is 10.1 Å². The Labute approximate surface area is 186 Å². The lowest BCUT2D eigenvalue weighted by molar-refractivity contribution is 0.101. The average Bonchev–Trinajstić information content (AvgIpc) is 3.43. The number of carbonyl (C=O) groups excluding carboxylic acids is 1. The molecule has 0 saturated heterocycles. The molecule has 164 valence electrons. The number of amides is 1. The molecule has 0 spiro atoms. The van der Waals surface area contributed by atoms with Gasteiger partial charge in [-0.05, 0) is 0 Å². The molecule has 0 atom stereocenters. The summed E-state index contributed by atoms with van der Waals surface area (Å²) in [5, 5.41) is 11.1. The number of ether oxygens (including phenoxy) is 1. The number of nitrogens with one attached hydrogen (secondary N) is 1. The van der Waals surface area contributed by atoms with Crippen LogP contribution in [-0.2, 0) is 7.05 Å². The zero-order valence-corrected chi connectivity index (χ0v) is 17.6. The smallest absolute Gasteiger partial charge is 0.274 e. The highest BCUT2D eigenvalue weighted by Gasteiger charge is 2.21. The van der Waals surface area contributed by atoms with Crippen LogP contribution in [-0.4, -0.2) is 47.4 Å². The third kappa shape index (κ3) is 3.76. The molecule has 33 heavy (non-hydrogen) atoms. The van der Waals surface area contributed by atoms with Crippen LogP contribution in [0.25, 0.3) is 28.3 Å². The van der Waals surface area contributed by atoms with E-state index in [2.05, 4.69) is 30.5 Å². The van der Waals surface area contributed by atoms with Gasteiger partial charge in [-0.2, -0.15) is 5.10 Å². The first-order valence-electron chi connectivity index (χ1n) is 9.84. The van der Waals surface area contributed by atoms with Crippen LogP contribution in [0.1, 0.15) is 10.5 Å². The number of halogens is 1. The van der Waals surface area contributed by atoms with Crippen LogP contribution in [0, 0.1) is 5.82 Å². The molecule has 1 amide bonds. The molecule has 4 aromatic heterocycles. The summed E-state index contributed by atoms with van der Waals surface area (Å²) in [7, 11) is 3.08. The predicted octanol–water partition coefficient (Wildman–Crippen LogP) is 2.99. The Morgan fingerprint density at radius 3 is 2.73 bits per heavy atom. The summed E-state index contributed by atoms with van der Waals surface area (Å²) in [4.78, 5) is 25.9. The number of benzene rings is 1. The maximum Gasteiger partial charge on any atom is 0.274 e. The first-order valence-corrected chi connectivity index (χ1v) is 9.84. The van der Waals surface area contributed by atoms with Gasteiger partial charge in [0.2, 0.25) is 5.88 Å². The standard InChI is InChI=1S/C22H17FN8O2/c1-30-20(14(9-25-30)17-10-24-11-19(26-17)33-2)22(32)27-16-8-18-28-21(13-6-4-3-5-7-13)29-31(18)12-15(16)23/h3-12H,1-2H3,(H,27,32). The van der Waals surface area contributed by atoms with E-state index in [4.69, 9.17) is 4.74 Å². The second-order valence-electron chi connectivity index (χ2n) is 7.07. The summed E-state index contributed by atoms with van der Waals surface area (Å²) in [6, 6.07) is 10.8. The summed E-state index contributed by atoms with van der Waals surface area (Å²) in [5.74, 6) is -0.491. The number of aromatic nitrogens is 7. The molecule has 5 aromatic rings. The molecule has 0 aliphatic heterocycles. The number of pyridine rings is 1. The van der Waals surface area contributed by atoms with Gasteiger partial charge < -0.3 is 10.1 Å². The fourth-order valence-electron chi connectivity index (χ4n) is 3.36. The van der Waals surface area contributed by atoms with Crippen molar-refractivity contribution in [1.29, 1.82) is 0 Å². The molecule has 4 heterocycles. The van der Waals surface area contributed by atoms with E-state index in [0.29, 0.717) is 28.6 Å². The first kappa shape index (κ1) is 20.2. The van der Waals surface area contributed by atoms with Crippen LogP contribution in [0.2, 0.25) is 0 Å². The van der Waals surface area contributed by atoms with Gasteiger partial charge in [0, 0.05) is 18.7 Å². The van der Waals surface area contributed by atoms with Crippen molar-refractivity contribution in [3.05, 3.63) is 72.7 Å². The van der Waals surface area contributed by atoms with Crippen molar-refractivity contribution in [2.75, 3.05) is 12.4 Å². The van der Waals surface area contributed by atoms with Crippen molar-refractivity contribution in [3.8, 4) is 28.5 Å². The largest absolute Gasteiger partial charge is 0.480 e. The molecule has 5 rings (SSSR count). The highest BCUT2D eigenvalue weighted by Crippen LogP contribution is 2.25. The minimum Gasteiger partial charge on any atom is -0.480 e. The van der Waals surface area contributed by atoms with Crippen LogP contribution in [0.15, 0.2) is 61.2 Å². The average molecular weight is 444 g/mol. The van der Waals surface area contributed by atoms with E-state index in [0.717, 1.165) is 5.56 Å². The summed E-state index contributed by atoms with van der Waals surface area (Å²) < 4.78 is 22.6. The lowest BCUT2D eigenvalue weighted by Crippen LogP contribution is -2.18. The Morgan fingerprint density at radius 1 is 1.12 bits per heavy atom. The van der Waals surface area contributed by atoms with Crippen LogP contribution >= 0.6 is 0 Å². The number of anilines is 1. The Morgan fingerprint density at radius 2 is 1.94 bits per heavy atom. The highest BCUT2D eigenvalue weighted by atomic mass is 19.1. The lowest BCUT2D eigenvalue weighted by atomic mass is 10.1. The molecule has 0 radical (unpaired) electrons. The van der Waals surface area contributed by atoms with Gasteiger partial charge in [-0.1, -0.05) is 30.3 Å². The molecular weight excluding hydrogens is 427 g/mol. The van der Waals surface area contributed by atoms with E-state index in [1.165, 1.54) is 47.2 Å². The maximum absolute atomic E-state index is 14.8. The van der Waals surface area contributed by atoms with E-state index in [9.17, 15) is 9.18 Å². The molecule has 1 aromatic carbocycles. The molecule has 0 bridgehead atoms. The number of rotatable bonds is 5. The number of hydrogen-bond donors (Lipinski definition) is 1. The Hall–Kier alpha value is -4.67. The number of hydrogen-bond acceptors (Lipinski definition) is 7. The highest BCUT2D eigenvalue weighted by molar-refractivity contribution is 6.07. The summed E-state index contributed by atoms with van der Waals surface area (Å²) >= 11 is 0. The lowest BCUT2D eigenvalue weighted by Gasteiger charge is -2.09. The van der Waals surface area contributed by atoms with Gasteiger partial charge >= 0.3 is 0 Å². The number of methoxy groups -OCH3 is 1. The van der Waals surface area contributed by atoms with Crippen molar-refractivity contribution in [2.45, 2.75) is 0 Å². The monoisotopic (exact) mass is 444 g/mol. The van der Waals surface area contributed by atoms with E-state index < -0.39 is 11.7 Å². The van der Waals surface area contributed by atoms with Gasteiger partial charge in [-0.15, -0.1) is 5.10 Å². The number of carbonyl (C=O) groups is 1. The van der Waals surface area contributed by atoms with Crippen molar-refractivity contribution in [1.82, 2.24) is 34.3 Å². The quantitative estimate of drug-likeness (QED) is 0.443. The summed E-state index contributed by atoms with van der Waals surface area (Å²) in [5.41, 5.74) is 2.15. The molecular formula is C22H17FN8O2. The summed E-state index contributed by atoms with van der Waals surface area (Å²) in [6.07, 6.45) is 5.60.